The number of benzene rings is 2. The highest BCUT2D eigenvalue weighted by molar-refractivity contribution is 5.67. The third-order valence-electron chi connectivity index (χ3n) is 4.53. The maximum Gasteiger partial charge on any atom is 0.0361 e. The first-order valence-electron chi connectivity index (χ1n) is 7.77. The molecule has 0 aromatic heterocycles. The second kappa shape index (κ2) is 5.90. The molecule has 0 amide bonds. The van der Waals surface area contributed by atoms with Gasteiger partial charge in [-0.15, -0.1) is 0 Å². The number of nitrogens with zero attached hydrogens (tertiary/aromatic N) is 1. The molecular weight excluding hydrogens is 256 g/mol. The molecular formula is C19H24N2. The monoisotopic (exact) mass is 280 g/mol. The molecule has 1 unspecified atom stereocenters. The van der Waals surface area contributed by atoms with E-state index < -0.39 is 0 Å². The summed E-state index contributed by atoms with van der Waals surface area (Å²) >= 11 is 0. The van der Waals surface area contributed by atoms with Crippen LogP contribution in [-0.4, -0.2) is 21.1 Å². The molecule has 1 atom stereocenters. The maximum absolute atomic E-state index is 3.46. The minimum Gasteiger partial charge on any atom is -0.378 e. The number of aryl methyl sites for hydroxylation is 1. The first kappa shape index (κ1) is 14.2. The van der Waals surface area contributed by atoms with E-state index in [1.54, 1.807) is 0 Å². The van der Waals surface area contributed by atoms with Crippen molar-refractivity contribution in [3.63, 3.8) is 0 Å². The fourth-order valence-corrected chi connectivity index (χ4v) is 3.23. The summed E-state index contributed by atoms with van der Waals surface area (Å²) in [6.07, 6.45) is 3.75. The topological polar surface area (TPSA) is 15.3 Å². The van der Waals surface area contributed by atoms with Gasteiger partial charge < -0.3 is 10.2 Å². The smallest absolute Gasteiger partial charge is 0.0361 e. The fourth-order valence-electron chi connectivity index (χ4n) is 3.23. The van der Waals surface area contributed by atoms with E-state index in [-0.39, 0.29) is 0 Å². The number of fused-ring (bicyclic) bond motifs is 1. The molecule has 0 saturated heterocycles. The molecule has 0 fully saturated rings. The summed E-state index contributed by atoms with van der Waals surface area (Å²) in [7, 11) is 6.22. The van der Waals surface area contributed by atoms with Gasteiger partial charge in [-0.1, -0.05) is 24.3 Å². The van der Waals surface area contributed by atoms with Crippen LogP contribution in [0.4, 0.5) is 5.69 Å². The van der Waals surface area contributed by atoms with E-state index in [0.29, 0.717) is 6.04 Å². The first-order valence-corrected chi connectivity index (χ1v) is 7.77. The Bertz CT molecular complexity index is 614. The van der Waals surface area contributed by atoms with E-state index in [1.165, 1.54) is 47.2 Å². The lowest BCUT2D eigenvalue weighted by Gasteiger charge is -2.26. The van der Waals surface area contributed by atoms with Gasteiger partial charge in [-0.25, -0.2) is 0 Å². The number of anilines is 1. The Kier molecular flexibility index (Phi) is 3.98. The number of hydrogen-bond donors (Lipinski definition) is 1. The van der Waals surface area contributed by atoms with Crippen LogP contribution in [0.2, 0.25) is 0 Å². The minimum absolute atomic E-state index is 0.509. The highest BCUT2D eigenvalue weighted by Crippen LogP contribution is 2.33. The van der Waals surface area contributed by atoms with Crippen molar-refractivity contribution in [1.82, 2.24) is 5.32 Å². The van der Waals surface area contributed by atoms with Crippen LogP contribution in [0.5, 0.6) is 0 Å². The van der Waals surface area contributed by atoms with Gasteiger partial charge in [-0.3, -0.25) is 0 Å². The predicted octanol–water partition coefficient (Wildman–Crippen LogP) is 4.02. The zero-order chi connectivity index (χ0) is 14.8. The summed E-state index contributed by atoms with van der Waals surface area (Å²) in [5, 5.41) is 3.46. The van der Waals surface area contributed by atoms with Crippen LogP contribution in [0, 0.1) is 0 Å². The van der Waals surface area contributed by atoms with Gasteiger partial charge in [-0.05, 0) is 66.8 Å². The third kappa shape index (κ3) is 2.81. The Labute approximate surface area is 127 Å². The van der Waals surface area contributed by atoms with Gasteiger partial charge in [-0.2, -0.15) is 0 Å². The van der Waals surface area contributed by atoms with Crippen LogP contribution in [-0.2, 0) is 6.42 Å². The lowest BCUT2D eigenvalue weighted by molar-refractivity contribution is 0.497. The van der Waals surface area contributed by atoms with Gasteiger partial charge in [0.2, 0.25) is 0 Å². The average Bonchev–Trinajstić information content (AvgIpc) is 2.53. The molecule has 2 nitrogen and oxygen atoms in total. The number of rotatable bonds is 3. The quantitative estimate of drug-likeness (QED) is 0.913. The molecule has 0 spiro atoms. The third-order valence-corrected chi connectivity index (χ3v) is 4.53. The Morgan fingerprint density at radius 3 is 2.38 bits per heavy atom. The van der Waals surface area contributed by atoms with Gasteiger partial charge in [0.1, 0.15) is 0 Å². The van der Waals surface area contributed by atoms with Crippen molar-refractivity contribution >= 4 is 5.69 Å². The Balaban J connectivity index is 1.96. The standard InChI is InChI=1S/C19H24N2/c1-20-19-6-4-5-15-7-8-16(13-18(15)19)14-9-11-17(12-10-14)21(2)3/h7-13,19-20H,4-6H2,1-3H3. The lowest BCUT2D eigenvalue weighted by atomic mass is 9.85. The molecule has 1 N–H and O–H groups in total. The van der Waals surface area contributed by atoms with Crippen molar-refractivity contribution in [3.05, 3.63) is 53.6 Å². The van der Waals surface area contributed by atoms with Crippen LogP contribution in [0.3, 0.4) is 0 Å². The summed E-state index contributed by atoms with van der Waals surface area (Å²) in [4.78, 5) is 2.13. The summed E-state index contributed by atoms with van der Waals surface area (Å²) in [6.45, 7) is 0. The first-order chi connectivity index (χ1) is 10.2. The zero-order valence-electron chi connectivity index (χ0n) is 13.2. The van der Waals surface area contributed by atoms with E-state index >= 15 is 0 Å². The molecule has 0 heterocycles. The van der Waals surface area contributed by atoms with Crippen LogP contribution in [0.15, 0.2) is 42.5 Å². The van der Waals surface area contributed by atoms with Crippen molar-refractivity contribution in [2.75, 3.05) is 26.0 Å². The molecule has 2 heteroatoms. The number of hydrogen-bond acceptors (Lipinski definition) is 2. The summed E-state index contributed by atoms with van der Waals surface area (Å²) < 4.78 is 0. The van der Waals surface area contributed by atoms with Crippen LogP contribution in [0.1, 0.15) is 30.0 Å². The largest absolute Gasteiger partial charge is 0.378 e. The van der Waals surface area contributed by atoms with Gasteiger partial charge in [0.05, 0.1) is 0 Å². The molecule has 0 aliphatic heterocycles. The summed E-state index contributed by atoms with van der Waals surface area (Å²) in [5.41, 5.74) is 6.85. The predicted molar refractivity (Wildman–Crippen MR) is 90.9 cm³/mol. The molecule has 1 aliphatic rings. The van der Waals surface area contributed by atoms with Gasteiger partial charge in [0.25, 0.3) is 0 Å². The second-order valence-corrected chi connectivity index (χ2v) is 6.09. The molecule has 110 valence electrons. The van der Waals surface area contributed by atoms with E-state index in [0.717, 1.165) is 0 Å². The normalized spacial score (nSPS) is 17.4. The van der Waals surface area contributed by atoms with Crippen molar-refractivity contribution in [3.8, 4) is 11.1 Å². The SMILES string of the molecule is CNC1CCCc2ccc(-c3ccc(N(C)C)cc3)cc21. The molecule has 21 heavy (non-hydrogen) atoms. The molecule has 2 aromatic carbocycles. The van der Waals surface area contributed by atoms with Crippen molar-refractivity contribution < 1.29 is 0 Å². The van der Waals surface area contributed by atoms with E-state index in [2.05, 4.69) is 73.8 Å². The van der Waals surface area contributed by atoms with E-state index in [1.807, 2.05) is 0 Å². The van der Waals surface area contributed by atoms with Crippen LogP contribution >= 0.6 is 0 Å². The lowest BCUT2D eigenvalue weighted by Crippen LogP contribution is -2.21. The molecule has 1 aliphatic carbocycles. The maximum atomic E-state index is 3.46. The Morgan fingerprint density at radius 1 is 1.00 bits per heavy atom. The van der Waals surface area contributed by atoms with Crippen molar-refractivity contribution in [2.45, 2.75) is 25.3 Å². The van der Waals surface area contributed by atoms with Gasteiger partial charge >= 0.3 is 0 Å². The average molecular weight is 280 g/mol. The Hall–Kier alpha value is -1.80. The summed E-state index contributed by atoms with van der Waals surface area (Å²) in [5.74, 6) is 0. The summed E-state index contributed by atoms with van der Waals surface area (Å²) in [6, 6.07) is 16.3. The van der Waals surface area contributed by atoms with Crippen LogP contribution in [0.25, 0.3) is 11.1 Å². The zero-order valence-corrected chi connectivity index (χ0v) is 13.2. The molecule has 0 radical (unpaired) electrons. The van der Waals surface area contributed by atoms with E-state index in [9.17, 15) is 0 Å². The Morgan fingerprint density at radius 2 is 1.71 bits per heavy atom. The van der Waals surface area contributed by atoms with Crippen molar-refractivity contribution in [2.24, 2.45) is 0 Å². The highest BCUT2D eigenvalue weighted by Gasteiger charge is 2.19. The van der Waals surface area contributed by atoms with E-state index in [4.69, 9.17) is 0 Å². The molecule has 0 bridgehead atoms. The highest BCUT2D eigenvalue weighted by atomic mass is 15.1. The second-order valence-electron chi connectivity index (χ2n) is 6.09. The molecule has 3 rings (SSSR count). The van der Waals surface area contributed by atoms with Gasteiger partial charge in [0, 0.05) is 25.8 Å². The number of nitrogens with one attached hydrogen (secondary N) is 1. The minimum atomic E-state index is 0.509. The van der Waals surface area contributed by atoms with Crippen molar-refractivity contribution in [1.29, 1.82) is 0 Å². The molecule has 0 saturated carbocycles. The van der Waals surface area contributed by atoms with Crippen LogP contribution < -0.4 is 10.2 Å². The fraction of sp³-hybridized carbons (Fsp3) is 0.368. The van der Waals surface area contributed by atoms with Gasteiger partial charge in [0.15, 0.2) is 0 Å². The molecule has 2 aromatic rings.